The predicted octanol–water partition coefficient (Wildman–Crippen LogP) is 1.99. The van der Waals surface area contributed by atoms with Crippen molar-refractivity contribution in [2.45, 2.75) is 19.5 Å². The SMILES string of the molecule is CC(F)CCSCC#N. The first kappa shape index (κ1) is 8.77. The number of hydrogen-bond acceptors (Lipinski definition) is 2. The van der Waals surface area contributed by atoms with Gasteiger partial charge in [0.05, 0.1) is 18.0 Å². The maximum atomic E-state index is 12.0. The van der Waals surface area contributed by atoms with E-state index in [0.29, 0.717) is 12.2 Å². The molecule has 0 saturated carbocycles. The quantitative estimate of drug-likeness (QED) is 0.568. The van der Waals surface area contributed by atoms with Crippen molar-refractivity contribution in [3.05, 3.63) is 0 Å². The van der Waals surface area contributed by atoms with Gasteiger partial charge in [-0.1, -0.05) is 0 Å². The zero-order chi connectivity index (χ0) is 7.11. The Kier molecular flexibility index (Phi) is 5.75. The summed E-state index contributed by atoms with van der Waals surface area (Å²) in [6.07, 6.45) is -0.164. The molecule has 0 rings (SSSR count). The summed E-state index contributed by atoms with van der Waals surface area (Å²) in [5.74, 6) is 1.23. The molecule has 1 atom stereocenters. The van der Waals surface area contributed by atoms with Gasteiger partial charge >= 0.3 is 0 Å². The Bertz CT molecular complexity index is 97.7. The Hall–Kier alpha value is -0.230. The fourth-order valence-electron chi connectivity index (χ4n) is 0.364. The van der Waals surface area contributed by atoms with E-state index in [1.807, 2.05) is 6.07 Å². The van der Waals surface area contributed by atoms with Gasteiger partial charge in [0.25, 0.3) is 0 Å². The van der Waals surface area contributed by atoms with Gasteiger partial charge in [-0.3, -0.25) is 0 Å². The monoisotopic (exact) mass is 147 g/mol. The second-order valence-electron chi connectivity index (χ2n) is 1.78. The van der Waals surface area contributed by atoms with E-state index in [2.05, 4.69) is 0 Å². The number of nitrogens with zero attached hydrogens (tertiary/aromatic N) is 1. The maximum absolute atomic E-state index is 12.0. The van der Waals surface area contributed by atoms with E-state index >= 15 is 0 Å². The number of thioether (sulfide) groups is 1. The first-order chi connectivity index (χ1) is 4.27. The molecule has 0 saturated heterocycles. The standard InChI is InChI=1S/C6H10FNS/c1-6(7)2-4-9-5-3-8/h6H,2,4-5H2,1H3. The molecule has 0 aliphatic rings. The van der Waals surface area contributed by atoms with Gasteiger partial charge in [0.15, 0.2) is 0 Å². The number of hydrogen-bond donors (Lipinski definition) is 0. The lowest BCUT2D eigenvalue weighted by molar-refractivity contribution is 0.355. The third-order valence-electron chi connectivity index (χ3n) is 0.827. The molecule has 0 aliphatic carbocycles. The van der Waals surface area contributed by atoms with Gasteiger partial charge in [0.1, 0.15) is 0 Å². The Morgan fingerprint density at radius 1 is 1.78 bits per heavy atom. The average Bonchev–Trinajstić information content (AvgIpc) is 1.80. The van der Waals surface area contributed by atoms with Crippen LogP contribution in [0.4, 0.5) is 4.39 Å². The Balaban J connectivity index is 2.85. The maximum Gasteiger partial charge on any atom is 0.0981 e. The van der Waals surface area contributed by atoms with Crippen LogP contribution < -0.4 is 0 Å². The zero-order valence-electron chi connectivity index (χ0n) is 5.43. The van der Waals surface area contributed by atoms with Gasteiger partial charge in [-0.2, -0.15) is 5.26 Å². The van der Waals surface area contributed by atoms with Crippen LogP contribution in [0.15, 0.2) is 0 Å². The van der Waals surface area contributed by atoms with E-state index in [4.69, 9.17) is 5.26 Å². The van der Waals surface area contributed by atoms with Gasteiger partial charge in [-0.25, -0.2) is 4.39 Å². The second-order valence-corrected chi connectivity index (χ2v) is 2.89. The third kappa shape index (κ3) is 7.77. The van der Waals surface area contributed by atoms with Crippen LogP contribution in [0.1, 0.15) is 13.3 Å². The fraction of sp³-hybridized carbons (Fsp3) is 0.833. The minimum Gasteiger partial charge on any atom is -0.248 e. The molecule has 0 aromatic heterocycles. The molecule has 0 radical (unpaired) electrons. The zero-order valence-corrected chi connectivity index (χ0v) is 6.25. The first-order valence-electron chi connectivity index (χ1n) is 2.86. The number of nitriles is 1. The van der Waals surface area contributed by atoms with Crippen LogP contribution >= 0.6 is 11.8 Å². The molecule has 0 aromatic carbocycles. The molecule has 1 nitrogen and oxygen atoms in total. The smallest absolute Gasteiger partial charge is 0.0981 e. The van der Waals surface area contributed by atoms with Gasteiger partial charge in [-0.15, -0.1) is 11.8 Å². The normalized spacial score (nSPS) is 12.6. The molecule has 0 spiro atoms. The van der Waals surface area contributed by atoms with Crippen molar-refractivity contribution < 1.29 is 4.39 Å². The lowest BCUT2D eigenvalue weighted by atomic mass is 10.3. The summed E-state index contributed by atoms with van der Waals surface area (Å²) >= 11 is 1.48. The highest BCUT2D eigenvalue weighted by Crippen LogP contribution is 2.05. The van der Waals surface area contributed by atoms with Crippen molar-refractivity contribution in [3.63, 3.8) is 0 Å². The lowest BCUT2D eigenvalue weighted by Crippen LogP contribution is -1.93. The van der Waals surface area contributed by atoms with Crippen molar-refractivity contribution in [1.82, 2.24) is 0 Å². The van der Waals surface area contributed by atoms with Gasteiger partial charge in [-0.05, 0) is 19.1 Å². The predicted molar refractivity (Wildman–Crippen MR) is 38.1 cm³/mol. The summed E-state index contributed by atoms with van der Waals surface area (Å²) in [6, 6.07) is 1.98. The minimum absolute atomic E-state index is 0.479. The molecule has 0 aromatic rings. The summed E-state index contributed by atoms with van der Waals surface area (Å²) in [5.41, 5.74) is 0. The summed E-state index contributed by atoms with van der Waals surface area (Å²) < 4.78 is 12.0. The van der Waals surface area contributed by atoms with E-state index in [9.17, 15) is 4.39 Å². The van der Waals surface area contributed by atoms with Crippen molar-refractivity contribution in [3.8, 4) is 6.07 Å². The van der Waals surface area contributed by atoms with Gasteiger partial charge < -0.3 is 0 Å². The average molecular weight is 147 g/mol. The van der Waals surface area contributed by atoms with Crippen LogP contribution in [-0.2, 0) is 0 Å². The highest BCUT2D eigenvalue weighted by molar-refractivity contribution is 7.99. The van der Waals surface area contributed by atoms with Gasteiger partial charge in [0, 0.05) is 0 Å². The first-order valence-corrected chi connectivity index (χ1v) is 4.01. The van der Waals surface area contributed by atoms with E-state index in [1.54, 1.807) is 0 Å². The Morgan fingerprint density at radius 2 is 2.44 bits per heavy atom. The van der Waals surface area contributed by atoms with Crippen LogP contribution in [0.3, 0.4) is 0 Å². The molecular weight excluding hydrogens is 137 g/mol. The Morgan fingerprint density at radius 3 is 2.89 bits per heavy atom. The third-order valence-corrected chi connectivity index (χ3v) is 1.68. The topological polar surface area (TPSA) is 23.8 Å². The molecular formula is C6H10FNS. The van der Waals surface area contributed by atoms with Crippen molar-refractivity contribution in [2.24, 2.45) is 0 Å². The second kappa shape index (κ2) is 5.90. The number of rotatable bonds is 4. The van der Waals surface area contributed by atoms with E-state index in [-0.39, 0.29) is 0 Å². The largest absolute Gasteiger partial charge is 0.248 e. The van der Waals surface area contributed by atoms with Crippen LogP contribution in [0, 0.1) is 11.3 Å². The molecule has 0 bridgehead atoms. The van der Waals surface area contributed by atoms with Crippen LogP contribution in [0.2, 0.25) is 0 Å². The van der Waals surface area contributed by atoms with Crippen LogP contribution in [-0.4, -0.2) is 17.7 Å². The lowest BCUT2D eigenvalue weighted by Gasteiger charge is -1.96. The minimum atomic E-state index is -0.726. The fourth-order valence-corrected chi connectivity index (χ4v) is 1.09. The highest BCUT2D eigenvalue weighted by Gasteiger charge is 1.95. The van der Waals surface area contributed by atoms with E-state index in [0.717, 1.165) is 5.75 Å². The van der Waals surface area contributed by atoms with E-state index < -0.39 is 6.17 Å². The van der Waals surface area contributed by atoms with Gasteiger partial charge in [0.2, 0.25) is 0 Å². The number of alkyl halides is 1. The molecule has 0 N–H and O–H groups in total. The molecule has 3 heteroatoms. The molecule has 1 unspecified atom stereocenters. The van der Waals surface area contributed by atoms with Crippen molar-refractivity contribution in [2.75, 3.05) is 11.5 Å². The highest BCUT2D eigenvalue weighted by atomic mass is 32.2. The molecule has 0 aliphatic heterocycles. The van der Waals surface area contributed by atoms with Crippen LogP contribution in [0.25, 0.3) is 0 Å². The van der Waals surface area contributed by atoms with Crippen LogP contribution in [0.5, 0.6) is 0 Å². The Labute approximate surface area is 59.2 Å². The van der Waals surface area contributed by atoms with E-state index in [1.165, 1.54) is 18.7 Å². The molecule has 52 valence electrons. The molecule has 0 amide bonds. The molecule has 0 fully saturated rings. The number of halogens is 1. The summed E-state index contributed by atoms with van der Waals surface area (Å²) in [6.45, 7) is 1.53. The van der Waals surface area contributed by atoms with Crippen molar-refractivity contribution in [1.29, 1.82) is 5.26 Å². The molecule has 0 heterocycles. The summed E-state index contributed by atoms with van der Waals surface area (Å²) in [7, 11) is 0. The summed E-state index contributed by atoms with van der Waals surface area (Å²) in [5, 5.41) is 8.07. The summed E-state index contributed by atoms with van der Waals surface area (Å²) in [4.78, 5) is 0. The van der Waals surface area contributed by atoms with Crippen molar-refractivity contribution >= 4 is 11.8 Å². The molecule has 9 heavy (non-hydrogen) atoms.